The maximum Gasteiger partial charge on any atom is 0.243 e. The first kappa shape index (κ1) is 24.2. The summed E-state index contributed by atoms with van der Waals surface area (Å²) in [7, 11) is -2.01. The summed E-state index contributed by atoms with van der Waals surface area (Å²) < 4.78 is 33.5. The van der Waals surface area contributed by atoms with Crippen molar-refractivity contribution in [2.24, 2.45) is 0 Å². The second-order valence-corrected chi connectivity index (χ2v) is 11.1. The van der Waals surface area contributed by atoms with Crippen molar-refractivity contribution < 1.29 is 17.9 Å². The highest BCUT2D eigenvalue weighted by atomic mass is 32.2. The van der Waals surface area contributed by atoms with Crippen LogP contribution in [-0.2, 0) is 21.2 Å². The standard InChI is InChI=1S/C26H29N5O4S/c1-18-15-21-17-23(7-9-25(21)31(18)19(2)32)36(33,34)30-13-11-29(12-14-30)26-10-8-24(27-28-26)20-5-4-6-22(16-20)35-3/h4-10,16-18H,11-15H2,1-3H3. The zero-order chi connectivity index (χ0) is 25.4. The largest absolute Gasteiger partial charge is 0.497 e. The minimum absolute atomic E-state index is 0.0235. The molecule has 5 rings (SSSR count). The third kappa shape index (κ3) is 4.42. The number of benzene rings is 2. The summed E-state index contributed by atoms with van der Waals surface area (Å²) in [6, 6.07) is 16.6. The average Bonchev–Trinajstić information content (AvgIpc) is 3.24. The highest BCUT2D eigenvalue weighted by molar-refractivity contribution is 7.89. The maximum atomic E-state index is 13.4. The van der Waals surface area contributed by atoms with Crippen LogP contribution in [0, 0.1) is 0 Å². The Morgan fingerprint density at radius 2 is 1.78 bits per heavy atom. The number of amides is 1. The lowest BCUT2D eigenvalue weighted by Crippen LogP contribution is -2.49. The first-order valence-corrected chi connectivity index (χ1v) is 13.4. The molecule has 0 aliphatic carbocycles. The molecule has 188 valence electrons. The smallest absolute Gasteiger partial charge is 0.243 e. The van der Waals surface area contributed by atoms with Crippen LogP contribution in [0.15, 0.2) is 59.5 Å². The van der Waals surface area contributed by atoms with Crippen LogP contribution in [-0.4, -0.2) is 68.2 Å². The van der Waals surface area contributed by atoms with Crippen molar-refractivity contribution in [3.63, 3.8) is 0 Å². The van der Waals surface area contributed by atoms with E-state index in [1.807, 2.05) is 48.2 Å². The first-order chi connectivity index (χ1) is 17.3. The van der Waals surface area contributed by atoms with Crippen molar-refractivity contribution in [3.8, 4) is 17.0 Å². The van der Waals surface area contributed by atoms with E-state index in [-0.39, 0.29) is 16.8 Å². The molecule has 1 atom stereocenters. The van der Waals surface area contributed by atoms with E-state index in [2.05, 4.69) is 10.2 Å². The van der Waals surface area contributed by atoms with Crippen molar-refractivity contribution >= 4 is 27.4 Å². The normalized spacial score (nSPS) is 18.2. The Kier molecular flexibility index (Phi) is 6.40. The Balaban J connectivity index is 1.26. The molecule has 0 bridgehead atoms. The summed E-state index contributed by atoms with van der Waals surface area (Å²) in [6.45, 7) is 5.26. The lowest BCUT2D eigenvalue weighted by Gasteiger charge is -2.34. The van der Waals surface area contributed by atoms with E-state index in [4.69, 9.17) is 4.74 Å². The number of anilines is 2. The Hall–Kier alpha value is -3.50. The number of ether oxygens (including phenoxy) is 1. The number of hydrogen-bond donors (Lipinski definition) is 0. The fourth-order valence-electron chi connectivity index (χ4n) is 4.98. The topological polar surface area (TPSA) is 95.9 Å². The van der Waals surface area contributed by atoms with Gasteiger partial charge in [-0.1, -0.05) is 12.1 Å². The number of rotatable bonds is 5. The SMILES string of the molecule is COc1cccc(-c2ccc(N3CCN(S(=O)(=O)c4ccc5c(c4)CC(C)N5C(C)=O)CC3)nn2)c1. The van der Waals surface area contributed by atoms with E-state index < -0.39 is 10.0 Å². The first-order valence-electron chi connectivity index (χ1n) is 11.9. The van der Waals surface area contributed by atoms with Gasteiger partial charge in [-0.05, 0) is 61.4 Å². The molecule has 1 fully saturated rings. The number of carbonyl (C=O) groups is 1. The van der Waals surface area contributed by atoms with Gasteiger partial charge in [-0.25, -0.2) is 8.42 Å². The number of aromatic nitrogens is 2. The zero-order valence-electron chi connectivity index (χ0n) is 20.6. The number of fused-ring (bicyclic) bond motifs is 1. The summed E-state index contributed by atoms with van der Waals surface area (Å²) in [5.74, 6) is 1.44. The van der Waals surface area contributed by atoms with E-state index in [1.165, 1.54) is 11.2 Å². The maximum absolute atomic E-state index is 13.4. The Bertz CT molecular complexity index is 1390. The predicted molar refractivity (Wildman–Crippen MR) is 138 cm³/mol. The van der Waals surface area contributed by atoms with Crippen molar-refractivity contribution in [2.75, 3.05) is 43.1 Å². The number of methoxy groups -OCH3 is 1. The monoisotopic (exact) mass is 507 g/mol. The van der Waals surface area contributed by atoms with E-state index in [1.54, 1.807) is 30.2 Å². The van der Waals surface area contributed by atoms with Crippen molar-refractivity contribution in [1.29, 1.82) is 0 Å². The molecule has 0 saturated carbocycles. The van der Waals surface area contributed by atoms with Gasteiger partial charge < -0.3 is 14.5 Å². The van der Waals surface area contributed by atoms with Gasteiger partial charge in [-0.2, -0.15) is 4.31 Å². The molecule has 3 heterocycles. The van der Waals surface area contributed by atoms with Crippen molar-refractivity contribution in [3.05, 3.63) is 60.2 Å². The predicted octanol–water partition coefficient (Wildman–Crippen LogP) is 2.96. The van der Waals surface area contributed by atoms with Gasteiger partial charge in [0.05, 0.1) is 17.7 Å². The van der Waals surface area contributed by atoms with Gasteiger partial charge in [0.25, 0.3) is 0 Å². The zero-order valence-corrected chi connectivity index (χ0v) is 21.4. The van der Waals surface area contributed by atoms with Gasteiger partial charge in [0.2, 0.25) is 15.9 Å². The van der Waals surface area contributed by atoms with Gasteiger partial charge in [0, 0.05) is 50.4 Å². The number of sulfonamides is 1. The number of nitrogens with zero attached hydrogens (tertiary/aromatic N) is 5. The fraction of sp³-hybridized carbons (Fsp3) is 0.346. The molecular weight excluding hydrogens is 478 g/mol. The molecule has 1 saturated heterocycles. The quantitative estimate of drug-likeness (QED) is 0.524. The Morgan fingerprint density at radius 3 is 2.44 bits per heavy atom. The third-order valence-corrected chi connectivity index (χ3v) is 8.72. The van der Waals surface area contributed by atoms with Crippen molar-refractivity contribution in [2.45, 2.75) is 31.2 Å². The summed E-state index contributed by atoms with van der Waals surface area (Å²) in [6.07, 6.45) is 0.649. The summed E-state index contributed by atoms with van der Waals surface area (Å²) in [5.41, 5.74) is 3.35. The second kappa shape index (κ2) is 9.51. The molecule has 1 unspecified atom stereocenters. The second-order valence-electron chi connectivity index (χ2n) is 9.13. The minimum atomic E-state index is -3.64. The Labute approximate surface area is 211 Å². The summed E-state index contributed by atoms with van der Waals surface area (Å²) in [4.78, 5) is 16.0. The summed E-state index contributed by atoms with van der Waals surface area (Å²) in [5, 5.41) is 8.75. The van der Waals surface area contributed by atoms with Crippen LogP contribution in [0.25, 0.3) is 11.3 Å². The molecular formula is C26H29N5O4S. The number of hydrogen-bond acceptors (Lipinski definition) is 7. The molecule has 3 aromatic rings. The third-order valence-electron chi connectivity index (χ3n) is 6.82. The minimum Gasteiger partial charge on any atom is -0.497 e. The number of piperazine rings is 1. The van der Waals surface area contributed by atoms with E-state index in [0.29, 0.717) is 32.6 Å². The molecule has 2 aliphatic heterocycles. The van der Waals surface area contributed by atoms with Crippen LogP contribution in [0.2, 0.25) is 0 Å². The summed E-state index contributed by atoms with van der Waals surface area (Å²) >= 11 is 0. The van der Waals surface area contributed by atoms with Gasteiger partial charge in [-0.3, -0.25) is 4.79 Å². The number of carbonyl (C=O) groups excluding carboxylic acids is 1. The van der Waals surface area contributed by atoms with Gasteiger partial charge in [0.15, 0.2) is 5.82 Å². The molecule has 2 aromatic carbocycles. The van der Waals surface area contributed by atoms with Crippen molar-refractivity contribution in [1.82, 2.24) is 14.5 Å². The highest BCUT2D eigenvalue weighted by Crippen LogP contribution is 2.34. The average molecular weight is 508 g/mol. The molecule has 1 aromatic heterocycles. The van der Waals surface area contributed by atoms with Crippen LogP contribution in [0.1, 0.15) is 19.4 Å². The van der Waals surface area contributed by atoms with Crippen LogP contribution in [0.5, 0.6) is 5.75 Å². The molecule has 1 amide bonds. The van der Waals surface area contributed by atoms with Crippen LogP contribution >= 0.6 is 0 Å². The molecule has 36 heavy (non-hydrogen) atoms. The molecule has 0 radical (unpaired) electrons. The van der Waals surface area contributed by atoms with E-state index in [0.717, 1.165) is 34.1 Å². The van der Waals surface area contributed by atoms with Crippen LogP contribution in [0.4, 0.5) is 11.5 Å². The van der Waals surface area contributed by atoms with Crippen LogP contribution < -0.4 is 14.5 Å². The molecule has 0 N–H and O–H groups in total. The van der Waals surface area contributed by atoms with Gasteiger partial charge in [0.1, 0.15) is 5.75 Å². The van der Waals surface area contributed by atoms with E-state index in [9.17, 15) is 13.2 Å². The highest BCUT2D eigenvalue weighted by Gasteiger charge is 2.33. The molecule has 9 nitrogen and oxygen atoms in total. The van der Waals surface area contributed by atoms with E-state index >= 15 is 0 Å². The lowest BCUT2D eigenvalue weighted by atomic mass is 10.1. The van der Waals surface area contributed by atoms with Gasteiger partial charge >= 0.3 is 0 Å². The fourth-order valence-corrected chi connectivity index (χ4v) is 6.46. The molecule has 10 heteroatoms. The van der Waals surface area contributed by atoms with Crippen LogP contribution in [0.3, 0.4) is 0 Å². The Morgan fingerprint density at radius 1 is 1.00 bits per heavy atom. The molecule has 0 spiro atoms. The lowest BCUT2D eigenvalue weighted by molar-refractivity contribution is -0.116. The molecule has 2 aliphatic rings. The van der Waals surface area contributed by atoms with Gasteiger partial charge in [-0.15, -0.1) is 10.2 Å².